The van der Waals surface area contributed by atoms with Crippen LogP contribution in [0.2, 0.25) is 0 Å². The molecule has 4 aromatic rings. The van der Waals surface area contributed by atoms with Gasteiger partial charge in [-0.2, -0.15) is 23.3 Å². The lowest BCUT2D eigenvalue weighted by Gasteiger charge is -2.36. The molecule has 0 saturated heterocycles. The molecule has 0 N–H and O–H groups in total. The highest BCUT2D eigenvalue weighted by atomic mass is 19.4. The molecule has 0 saturated carbocycles. The number of urea groups is 1. The largest absolute Gasteiger partial charge is 0.516 e. The van der Waals surface area contributed by atoms with E-state index in [0.29, 0.717) is 27.8 Å². The molecule has 2 aromatic carbocycles. The summed E-state index contributed by atoms with van der Waals surface area (Å²) in [6.45, 7) is -2.13. The smallest absolute Gasteiger partial charge is 0.408 e. The van der Waals surface area contributed by atoms with Gasteiger partial charge in [-0.15, -0.1) is 0 Å². The molecule has 0 atom stereocenters. The van der Waals surface area contributed by atoms with Crippen molar-refractivity contribution in [3.05, 3.63) is 66.4 Å². The lowest BCUT2D eigenvalue weighted by atomic mass is 9.52. The van der Waals surface area contributed by atoms with Gasteiger partial charge in [0.05, 0.1) is 17.7 Å². The van der Waals surface area contributed by atoms with Crippen LogP contribution < -0.4 is 19.3 Å². The molecule has 1 aliphatic rings. The van der Waals surface area contributed by atoms with Gasteiger partial charge in [0.15, 0.2) is 6.61 Å². The summed E-state index contributed by atoms with van der Waals surface area (Å²) in [7, 11) is 16.4. The van der Waals surface area contributed by atoms with Gasteiger partial charge >= 0.3 is 12.2 Å². The first-order valence-electron chi connectivity index (χ1n) is 12.0. The van der Waals surface area contributed by atoms with Crippen LogP contribution in [0.5, 0.6) is 11.6 Å². The van der Waals surface area contributed by atoms with Crippen molar-refractivity contribution in [2.45, 2.75) is 31.0 Å². The molecular formula is C25H17B3F5N5O3. The van der Waals surface area contributed by atoms with Gasteiger partial charge in [0.25, 0.3) is 6.43 Å². The Morgan fingerprint density at radius 1 is 0.976 bits per heavy atom. The molecule has 204 valence electrons. The number of anilines is 3. The molecule has 0 bridgehead atoms. The summed E-state index contributed by atoms with van der Waals surface area (Å²) in [6, 6.07) is 12.9. The van der Waals surface area contributed by atoms with Gasteiger partial charge in [-0.1, -0.05) is 0 Å². The van der Waals surface area contributed by atoms with E-state index in [0.717, 1.165) is 4.68 Å². The quantitative estimate of drug-likeness (QED) is 0.235. The Hall–Kier alpha value is -4.23. The molecule has 1 aliphatic heterocycles. The standard InChI is InChI=1S/C25H17B3F5N5O3/c26-25(27,28)41-18-5-2-16(3-6-18)38-22-14(1-8-21(34-22)40-12-20(29)30)11-37(23(38)39)17-4-7-19-15(9-17)10-36(35-19)13-24(31,32)33/h1-10,20H,11-13H2. The van der Waals surface area contributed by atoms with Gasteiger partial charge in [-0.25, -0.2) is 18.5 Å². The number of ether oxygens (including phenoxy) is 2. The lowest BCUT2D eigenvalue weighted by molar-refractivity contribution is -0.142. The Labute approximate surface area is 234 Å². The number of benzene rings is 2. The van der Waals surface area contributed by atoms with E-state index in [9.17, 15) is 26.7 Å². The van der Waals surface area contributed by atoms with Crippen LogP contribution in [0.25, 0.3) is 10.9 Å². The number of rotatable bonds is 8. The monoisotopic (exact) mass is 563 g/mol. The van der Waals surface area contributed by atoms with Crippen molar-refractivity contribution in [2.75, 3.05) is 16.4 Å². The van der Waals surface area contributed by atoms with Crippen LogP contribution >= 0.6 is 0 Å². The number of pyridine rings is 1. The van der Waals surface area contributed by atoms with E-state index in [4.69, 9.17) is 33.0 Å². The van der Waals surface area contributed by atoms with Crippen molar-refractivity contribution in [2.24, 2.45) is 0 Å². The number of alkyl halides is 5. The zero-order chi connectivity index (χ0) is 29.5. The maximum Gasteiger partial charge on any atom is 0.408 e. The number of carbonyl (C=O) groups is 1. The molecule has 0 spiro atoms. The summed E-state index contributed by atoms with van der Waals surface area (Å²) in [5, 5.41) is 2.38. The molecule has 16 heteroatoms. The number of carbonyl (C=O) groups excluding carboxylic acids is 1. The Kier molecular flexibility index (Phi) is 7.34. The van der Waals surface area contributed by atoms with E-state index in [1.165, 1.54) is 52.4 Å². The predicted molar refractivity (Wildman–Crippen MR) is 142 cm³/mol. The van der Waals surface area contributed by atoms with Crippen LogP contribution in [0.4, 0.5) is 43.9 Å². The average Bonchev–Trinajstić information content (AvgIpc) is 3.26. The van der Waals surface area contributed by atoms with Gasteiger partial charge in [-0.3, -0.25) is 9.58 Å². The number of hydrogen-bond acceptors (Lipinski definition) is 5. The fourth-order valence-corrected chi connectivity index (χ4v) is 4.25. The summed E-state index contributed by atoms with van der Waals surface area (Å²) in [6.07, 6.45) is -5.95. The Morgan fingerprint density at radius 3 is 2.34 bits per heavy atom. The van der Waals surface area contributed by atoms with Crippen LogP contribution in [0, 0.1) is 0 Å². The van der Waals surface area contributed by atoms with Crippen molar-refractivity contribution in [1.82, 2.24) is 14.8 Å². The fraction of sp³-hybridized carbons (Fsp3) is 0.240. The predicted octanol–water partition coefficient (Wildman–Crippen LogP) is 4.41. The van der Waals surface area contributed by atoms with Crippen LogP contribution in [0.15, 0.2) is 60.8 Å². The SMILES string of the molecule is [B]C([B])([B])Oc1ccc(N2C(=O)N(c3ccc4nn(CC(F)(F)F)cc4c3)Cc3ccc(OCC(F)F)nc32)cc1. The molecule has 0 unspecified atom stereocenters. The third kappa shape index (κ3) is 6.58. The van der Waals surface area contributed by atoms with E-state index in [1.807, 2.05) is 0 Å². The second-order valence-electron chi connectivity index (χ2n) is 9.17. The fourth-order valence-electron chi connectivity index (χ4n) is 4.25. The van der Waals surface area contributed by atoms with Gasteiger partial charge in [0.2, 0.25) is 5.88 Å². The Morgan fingerprint density at radius 2 is 1.68 bits per heavy atom. The van der Waals surface area contributed by atoms with Gasteiger partial charge < -0.3 is 9.47 Å². The van der Waals surface area contributed by atoms with Gasteiger partial charge in [-0.05, 0) is 53.8 Å². The molecule has 0 aliphatic carbocycles. The summed E-state index contributed by atoms with van der Waals surface area (Å²) < 4.78 is 75.1. The minimum absolute atomic E-state index is 0.0201. The summed E-state index contributed by atoms with van der Waals surface area (Å²) in [5.74, 6) is 0.218. The maximum absolute atomic E-state index is 13.9. The van der Waals surface area contributed by atoms with Crippen LogP contribution in [0.3, 0.4) is 0 Å². The number of halogens is 5. The Balaban J connectivity index is 1.53. The van der Waals surface area contributed by atoms with Crippen molar-refractivity contribution in [1.29, 1.82) is 0 Å². The third-order valence-electron chi connectivity index (χ3n) is 5.83. The molecular weight excluding hydrogens is 546 g/mol. The third-order valence-corrected chi connectivity index (χ3v) is 5.83. The summed E-state index contributed by atoms with van der Waals surface area (Å²) in [4.78, 5) is 20.8. The average molecular weight is 563 g/mol. The van der Waals surface area contributed by atoms with Gasteiger partial charge in [0, 0.05) is 28.9 Å². The van der Waals surface area contributed by atoms with Crippen LogP contribution in [-0.4, -0.2) is 68.8 Å². The van der Waals surface area contributed by atoms with Gasteiger partial charge in [0.1, 0.15) is 41.7 Å². The highest BCUT2D eigenvalue weighted by Gasteiger charge is 2.35. The van der Waals surface area contributed by atoms with Crippen molar-refractivity contribution in [3.63, 3.8) is 0 Å². The number of hydrogen-bond donors (Lipinski definition) is 0. The molecule has 2 amide bonds. The molecule has 6 radical (unpaired) electrons. The van der Waals surface area contributed by atoms with Crippen molar-refractivity contribution < 1.29 is 36.2 Å². The molecule has 41 heavy (non-hydrogen) atoms. The van der Waals surface area contributed by atoms with Crippen molar-refractivity contribution >= 4 is 57.7 Å². The number of nitrogens with zero attached hydrogens (tertiary/aromatic N) is 5. The molecule has 2 aromatic heterocycles. The van der Waals surface area contributed by atoms with E-state index >= 15 is 0 Å². The van der Waals surface area contributed by atoms with Crippen LogP contribution in [-0.2, 0) is 13.1 Å². The minimum Gasteiger partial charge on any atom is -0.516 e. The molecule has 0 fully saturated rings. The maximum atomic E-state index is 13.9. The zero-order valence-corrected chi connectivity index (χ0v) is 21.1. The number of fused-ring (bicyclic) bond motifs is 2. The molecule has 5 rings (SSSR count). The highest BCUT2D eigenvalue weighted by molar-refractivity contribution is 6.58. The van der Waals surface area contributed by atoms with E-state index in [2.05, 4.69) is 10.1 Å². The number of amides is 2. The lowest BCUT2D eigenvalue weighted by Crippen LogP contribution is -2.45. The van der Waals surface area contributed by atoms with Crippen LogP contribution in [0.1, 0.15) is 5.56 Å². The second kappa shape index (κ2) is 10.6. The number of aromatic nitrogens is 3. The molecule has 8 nitrogen and oxygen atoms in total. The first-order valence-corrected chi connectivity index (χ1v) is 12.0. The first-order chi connectivity index (χ1) is 19.3. The van der Waals surface area contributed by atoms with E-state index in [-0.39, 0.29) is 24.0 Å². The summed E-state index contributed by atoms with van der Waals surface area (Å²) in [5.41, 5.74) is 1.53. The normalized spacial score (nSPS) is 14.0. The molecule has 3 heterocycles. The Bertz CT molecular complexity index is 1580. The first kappa shape index (κ1) is 28.3. The van der Waals surface area contributed by atoms with E-state index < -0.39 is 37.1 Å². The highest BCUT2D eigenvalue weighted by Crippen LogP contribution is 2.38. The zero-order valence-electron chi connectivity index (χ0n) is 21.1. The summed E-state index contributed by atoms with van der Waals surface area (Å²) >= 11 is 0. The van der Waals surface area contributed by atoms with Crippen molar-refractivity contribution in [3.8, 4) is 11.6 Å². The van der Waals surface area contributed by atoms with E-state index in [1.54, 1.807) is 18.2 Å². The second-order valence-corrected chi connectivity index (χ2v) is 9.17. The topological polar surface area (TPSA) is 72.7 Å². The minimum atomic E-state index is -4.46.